The third kappa shape index (κ3) is 7.82. The molecule has 0 radical (unpaired) electrons. The van der Waals surface area contributed by atoms with E-state index in [1.54, 1.807) is 11.0 Å². The fourth-order valence-electron chi connectivity index (χ4n) is 5.50. The maximum absolute atomic E-state index is 14.1. The lowest BCUT2D eigenvalue weighted by molar-refractivity contribution is -0.139. The zero-order chi connectivity index (χ0) is 29.9. The van der Waals surface area contributed by atoms with Crippen LogP contribution in [0.1, 0.15) is 99.2 Å². The van der Waals surface area contributed by atoms with Crippen LogP contribution in [0.4, 0.5) is 18.9 Å². The Hall–Kier alpha value is -3.06. The van der Waals surface area contributed by atoms with E-state index in [9.17, 15) is 27.9 Å². The molecule has 222 valence electrons. The lowest BCUT2D eigenvalue weighted by Crippen LogP contribution is -2.47. The second kappa shape index (κ2) is 12.4. The summed E-state index contributed by atoms with van der Waals surface area (Å²) in [5.74, 6) is 4.92. The van der Waals surface area contributed by atoms with Crippen molar-refractivity contribution < 1.29 is 32.6 Å². The van der Waals surface area contributed by atoms with E-state index in [1.807, 2.05) is 20.8 Å². The molecule has 0 spiro atoms. The minimum absolute atomic E-state index is 0.0717. The van der Waals surface area contributed by atoms with E-state index in [-0.39, 0.29) is 28.2 Å². The van der Waals surface area contributed by atoms with Crippen LogP contribution in [0.5, 0.6) is 5.88 Å². The Balaban J connectivity index is 1.61. The van der Waals surface area contributed by atoms with E-state index in [0.29, 0.717) is 42.2 Å². The Kier molecular flexibility index (Phi) is 9.37. The van der Waals surface area contributed by atoms with Crippen molar-refractivity contribution in [3.63, 3.8) is 0 Å². The fourth-order valence-corrected chi connectivity index (χ4v) is 6.34. The largest absolute Gasteiger partial charge is 0.477 e. The van der Waals surface area contributed by atoms with Gasteiger partial charge in [-0.3, -0.25) is 4.79 Å². The zero-order valence-electron chi connectivity index (χ0n) is 23.9. The smallest absolute Gasteiger partial charge is 0.421 e. The molecule has 1 amide bonds. The van der Waals surface area contributed by atoms with E-state index in [1.165, 1.54) is 12.3 Å². The van der Waals surface area contributed by atoms with Crippen molar-refractivity contribution >= 4 is 28.9 Å². The summed E-state index contributed by atoms with van der Waals surface area (Å²) in [6, 6.07) is 3.58. The van der Waals surface area contributed by atoms with Gasteiger partial charge in [-0.2, -0.15) is 13.2 Å². The van der Waals surface area contributed by atoms with Gasteiger partial charge in [0.15, 0.2) is 0 Å². The van der Waals surface area contributed by atoms with Gasteiger partial charge in [-0.1, -0.05) is 18.8 Å². The van der Waals surface area contributed by atoms with Crippen LogP contribution >= 0.6 is 11.3 Å². The number of carboxylic acids is 1. The molecule has 0 aliphatic heterocycles. The number of thiophene rings is 1. The van der Waals surface area contributed by atoms with Gasteiger partial charge < -0.3 is 14.7 Å². The van der Waals surface area contributed by atoms with Crippen LogP contribution in [-0.2, 0) is 11.0 Å². The van der Waals surface area contributed by atoms with E-state index in [4.69, 9.17) is 4.74 Å². The monoisotopic (exact) mass is 590 g/mol. The number of carbonyl (C=O) groups is 2. The van der Waals surface area contributed by atoms with Crippen molar-refractivity contribution in [2.45, 2.75) is 97.4 Å². The molecule has 0 bridgehead atoms. The highest BCUT2D eigenvalue weighted by molar-refractivity contribution is 7.15. The van der Waals surface area contributed by atoms with E-state index >= 15 is 0 Å². The minimum atomic E-state index is -4.58. The number of hydrogen-bond donors (Lipinski definition) is 1. The van der Waals surface area contributed by atoms with Crippen LogP contribution in [0.25, 0.3) is 0 Å². The summed E-state index contributed by atoms with van der Waals surface area (Å²) in [5, 5.41) is 10.1. The standard InChI is InChI=1S/C31H37F3N2O4S/c1-19-7-9-20(10-8-19)28(37)36(25-18-23(15-16-30(2,3)4)41-26(25)29(38)39)21-11-13-22(14-12-21)40-27-24(31(32,33)34)6-5-17-35-27/h5-6,17-22H,7-14H2,1-4H3,(H,38,39)/t19-,20-,21-,22-. The first kappa shape index (κ1) is 30.9. The topological polar surface area (TPSA) is 79.7 Å². The number of ether oxygens (including phenoxy) is 1. The summed E-state index contributed by atoms with van der Waals surface area (Å²) < 4.78 is 46.1. The molecule has 6 nitrogen and oxygen atoms in total. The summed E-state index contributed by atoms with van der Waals surface area (Å²) in [4.78, 5) is 32.5. The lowest BCUT2D eigenvalue weighted by Gasteiger charge is -2.39. The summed E-state index contributed by atoms with van der Waals surface area (Å²) >= 11 is 1.06. The zero-order valence-corrected chi connectivity index (χ0v) is 24.7. The molecule has 2 aliphatic rings. The number of carbonyl (C=O) groups excluding carboxylic acids is 1. The number of amides is 1. The molecule has 1 N–H and O–H groups in total. The number of aromatic nitrogens is 1. The molecule has 0 unspecified atom stereocenters. The maximum atomic E-state index is 14.1. The van der Waals surface area contributed by atoms with Crippen molar-refractivity contribution in [2.24, 2.45) is 17.3 Å². The van der Waals surface area contributed by atoms with Gasteiger partial charge in [0.2, 0.25) is 11.8 Å². The van der Waals surface area contributed by atoms with Crippen molar-refractivity contribution in [3.8, 4) is 17.7 Å². The molecule has 0 saturated heterocycles. The lowest BCUT2D eigenvalue weighted by atomic mass is 9.81. The molecule has 2 aliphatic carbocycles. The first-order valence-electron chi connectivity index (χ1n) is 14.1. The van der Waals surface area contributed by atoms with Crippen LogP contribution < -0.4 is 9.64 Å². The molecule has 2 aromatic heterocycles. The number of alkyl halides is 3. The summed E-state index contributed by atoms with van der Waals surface area (Å²) in [5.41, 5.74) is -0.837. The van der Waals surface area contributed by atoms with E-state index < -0.39 is 29.7 Å². The van der Waals surface area contributed by atoms with Crippen molar-refractivity contribution in [1.82, 2.24) is 4.98 Å². The number of rotatable bonds is 6. The van der Waals surface area contributed by atoms with Gasteiger partial charge in [-0.15, -0.1) is 11.3 Å². The Morgan fingerprint density at radius 1 is 1.07 bits per heavy atom. The summed E-state index contributed by atoms with van der Waals surface area (Å²) in [6.45, 7) is 8.08. The first-order chi connectivity index (χ1) is 19.2. The molecule has 2 heterocycles. The molecule has 2 saturated carbocycles. The second-order valence-corrected chi connectivity index (χ2v) is 13.2. The van der Waals surface area contributed by atoms with Gasteiger partial charge in [0.25, 0.3) is 0 Å². The molecular weight excluding hydrogens is 553 g/mol. The summed E-state index contributed by atoms with van der Waals surface area (Å²) in [6.07, 6.45) is 1.31. The van der Waals surface area contributed by atoms with Crippen LogP contribution in [0, 0.1) is 29.1 Å². The number of carboxylic acid groups (broad SMARTS) is 1. The van der Waals surface area contributed by atoms with E-state index in [2.05, 4.69) is 23.7 Å². The fraction of sp³-hybridized carbons (Fsp3) is 0.581. The van der Waals surface area contributed by atoms with Crippen LogP contribution in [0.3, 0.4) is 0 Å². The van der Waals surface area contributed by atoms with Crippen molar-refractivity contribution in [3.05, 3.63) is 39.7 Å². The Morgan fingerprint density at radius 3 is 2.32 bits per heavy atom. The number of nitrogens with zero attached hydrogens (tertiary/aromatic N) is 2. The maximum Gasteiger partial charge on any atom is 0.421 e. The molecule has 2 fully saturated rings. The Labute approximate surface area is 243 Å². The van der Waals surface area contributed by atoms with Crippen LogP contribution in [0.2, 0.25) is 0 Å². The molecule has 41 heavy (non-hydrogen) atoms. The highest BCUT2D eigenvalue weighted by Gasteiger charge is 2.39. The second-order valence-electron chi connectivity index (χ2n) is 12.2. The molecule has 10 heteroatoms. The highest BCUT2D eigenvalue weighted by Crippen LogP contribution is 2.40. The Morgan fingerprint density at radius 2 is 1.73 bits per heavy atom. The first-order valence-corrected chi connectivity index (χ1v) is 15.0. The number of anilines is 1. The Bertz CT molecular complexity index is 1310. The third-order valence-corrected chi connectivity index (χ3v) is 8.72. The molecule has 0 atom stereocenters. The predicted molar refractivity (Wildman–Crippen MR) is 152 cm³/mol. The average Bonchev–Trinajstić information content (AvgIpc) is 3.32. The van der Waals surface area contributed by atoms with Gasteiger partial charge in [-0.25, -0.2) is 9.78 Å². The van der Waals surface area contributed by atoms with Crippen molar-refractivity contribution in [1.29, 1.82) is 0 Å². The molecule has 0 aromatic carbocycles. The molecule has 2 aromatic rings. The van der Waals surface area contributed by atoms with Gasteiger partial charge in [0.05, 0.1) is 10.6 Å². The van der Waals surface area contributed by atoms with Crippen LogP contribution in [0.15, 0.2) is 24.4 Å². The van der Waals surface area contributed by atoms with Crippen LogP contribution in [-0.4, -0.2) is 34.1 Å². The summed E-state index contributed by atoms with van der Waals surface area (Å²) in [7, 11) is 0. The molecule has 4 rings (SSSR count). The number of aromatic carboxylic acids is 1. The van der Waals surface area contributed by atoms with Gasteiger partial charge in [0.1, 0.15) is 16.5 Å². The quantitative estimate of drug-likeness (QED) is 0.347. The highest BCUT2D eigenvalue weighted by atomic mass is 32.1. The van der Waals surface area contributed by atoms with Gasteiger partial charge in [-0.05, 0) is 96.3 Å². The molecular formula is C31H37F3N2O4S. The van der Waals surface area contributed by atoms with Gasteiger partial charge in [0, 0.05) is 23.6 Å². The SMILES string of the molecule is CC(C)(C)C#Cc1cc(N(C(=O)[C@H]2CC[C@H](C)CC2)[C@H]2CC[C@H](Oc3ncccc3C(F)(F)F)CC2)c(C(=O)O)s1. The predicted octanol–water partition coefficient (Wildman–Crippen LogP) is 7.81. The number of halogens is 3. The van der Waals surface area contributed by atoms with Gasteiger partial charge >= 0.3 is 12.1 Å². The van der Waals surface area contributed by atoms with Crippen molar-refractivity contribution in [2.75, 3.05) is 4.90 Å². The van der Waals surface area contributed by atoms with E-state index in [0.717, 1.165) is 43.1 Å². The average molecular weight is 591 g/mol. The normalized spacial score (nSPS) is 23.3. The number of pyridine rings is 1. The number of hydrogen-bond acceptors (Lipinski definition) is 5. The third-order valence-electron chi connectivity index (χ3n) is 7.69. The minimum Gasteiger partial charge on any atom is -0.477 e.